The lowest BCUT2D eigenvalue weighted by Gasteiger charge is -2.71. The van der Waals surface area contributed by atoms with Gasteiger partial charge in [-0.15, -0.1) is 0 Å². The number of hydrogen-bond acceptors (Lipinski definition) is 13. The van der Waals surface area contributed by atoms with Crippen molar-refractivity contribution in [3.05, 3.63) is 0 Å². The first-order valence-electron chi connectivity index (χ1n) is 18.2. The van der Waals surface area contributed by atoms with Crippen LogP contribution in [0.25, 0.3) is 0 Å². The summed E-state index contributed by atoms with van der Waals surface area (Å²) in [6.45, 7) is 11.8. The summed E-state index contributed by atoms with van der Waals surface area (Å²) >= 11 is 0. The molecule has 4 saturated carbocycles. The molecule has 13 nitrogen and oxygen atoms in total. The molecule has 1 spiro atoms. The zero-order chi connectivity index (χ0) is 35.2. The Morgan fingerprint density at radius 2 is 1.59 bits per heavy atom. The minimum atomic E-state index is -1.28. The quantitative estimate of drug-likeness (QED) is 0.207. The van der Waals surface area contributed by atoms with Crippen LogP contribution in [-0.2, 0) is 52.2 Å². The summed E-state index contributed by atoms with van der Waals surface area (Å²) in [7, 11) is 3.16. The van der Waals surface area contributed by atoms with Crippen LogP contribution in [0.3, 0.4) is 0 Å². The Morgan fingerprint density at radius 1 is 0.878 bits per heavy atom. The van der Waals surface area contributed by atoms with Crippen LogP contribution in [0.15, 0.2) is 0 Å². The highest BCUT2D eigenvalue weighted by atomic mass is 16.8. The number of rotatable bonds is 9. The first kappa shape index (κ1) is 36.5. The molecule has 4 aliphatic carbocycles. The van der Waals surface area contributed by atoms with Crippen molar-refractivity contribution in [1.29, 1.82) is 0 Å². The molecule has 49 heavy (non-hydrogen) atoms. The number of methoxy groups -OCH3 is 2. The van der Waals surface area contributed by atoms with Gasteiger partial charge in [0.15, 0.2) is 17.9 Å². The molecule has 15 atom stereocenters. The topological polar surface area (TPSA) is 150 Å². The molecule has 3 saturated heterocycles. The molecular weight excluding hydrogens is 640 g/mol. The van der Waals surface area contributed by atoms with Gasteiger partial charge in [0.25, 0.3) is 0 Å². The number of hydrogen-bond donors (Lipinski definition) is 2. The minimum Gasteiger partial charge on any atom is -0.389 e. The lowest BCUT2D eigenvalue weighted by Crippen LogP contribution is -2.78. The second kappa shape index (κ2) is 12.7. The maximum absolute atomic E-state index is 13.1. The van der Waals surface area contributed by atoms with E-state index in [0.717, 1.165) is 6.29 Å². The molecule has 0 radical (unpaired) electrons. The Balaban J connectivity index is 1.22. The van der Waals surface area contributed by atoms with Gasteiger partial charge >= 0.3 is 0 Å². The second-order valence-corrected chi connectivity index (χ2v) is 17.0. The van der Waals surface area contributed by atoms with Gasteiger partial charge in [-0.3, -0.25) is 0 Å². The van der Waals surface area contributed by atoms with Crippen molar-refractivity contribution in [3.8, 4) is 0 Å². The third-order valence-corrected chi connectivity index (χ3v) is 13.6. The lowest BCUT2D eigenvalue weighted by molar-refractivity contribution is -0.410. The highest BCUT2D eigenvalue weighted by Crippen LogP contribution is 2.71. The number of carbonyl (C=O) groups excluding carboxylic acids is 1. The molecule has 0 aromatic rings. The maximum atomic E-state index is 13.1. The zero-order valence-corrected chi connectivity index (χ0v) is 30.4. The van der Waals surface area contributed by atoms with Gasteiger partial charge < -0.3 is 62.4 Å². The Bertz CT molecular complexity index is 1230. The predicted octanol–water partition coefficient (Wildman–Crippen LogP) is 3.05. The molecule has 3 aliphatic heterocycles. The summed E-state index contributed by atoms with van der Waals surface area (Å²) < 4.78 is 62.3. The minimum absolute atomic E-state index is 0.0551. The number of fused-ring (bicyclic) bond motifs is 4. The average molecular weight is 699 g/mol. The monoisotopic (exact) mass is 698 g/mol. The molecule has 0 aromatic heterocycles. The molecule has 0 bridgehead atoms. The molecular formula is C36H58O13. The summed E-state index contributed by atoms with van der Waals surface area (Å²) in [4.78, 5) is 12.3. The van der Waals surface area contributed by atoms with E-state index in [1.165, 1.54) is 0 Å². The van der Waals surface area contributed by atoms with Gasteiger partial charge in [0.1, 0.15) is 38.2 Å². The van der Waals surface area contributed by atoms with Crippen molar-refractivity contribution < 1.29 is 62.4 Å². The molecule has 7 aliphatic rings. The molecule has 280 valence electrons. The highest BCUT2D eigenvalue weighted by Gasteiger charge is 2.77. The highest BCUT2D eigenvalue weighted by molar-refractivity contribution is 5.57. The Hall–Kier alpha value is -0.810. The second-order valence-electron chi connectivity index (χ2n) is 17.0. The van der Waals surface area contributed by atoms with E-state index in [0.29, 0.717) is 44.9 Å². The summed E-state index contributed by atoms with van der Waals surface area (Å²) in [5.74, 6) is -2.64. The van der Waals surface area contributed by atoms with Crippen LogP contribution >= 0.6 is 0 Å². The SMILES string of the molecule is COCO[C@@H]1[C@H]2OC(C)(C)O[C@H]2[C@H](O[C@H]2C[C@H]3OC(C)(C)OC[C@]34[C@@H]3[C@@H](CC[C@]4(O)C2)[C@@]2(O)CC[C@H](C=O)[C@@]2(C)C[C@H]3OCOC)O[C@H]1C. The molecule has 13 heteroatoms. The van der Waals surface area contributed by atoms with Gasteiger partial charge in [-0.25, -0.2) is 0 Å². The predicted molar refractivity (Wildman–Crippen MR) is 171 cm³/mol. The van der Waals surface area contributed by atoms with Crippen LogP contribution in [0.2, 0.25) is 0 Å². The third-order valence-electron chi connectivity index (χ3n) is 13.6. The molecule has 0 unspecified atom stereocenters. The summed E-state index contributed by atoms with van der Waals surface area (Å²) in [5, 5.41) is 25.8. The van der Waals surface area contributed by atoms with Crippen LogP contribution in [0, 0.1) is 28.6 Å². The van der Waals surface area contributed by atoms with E-state index in [9.17, 15) is 15.0 Å². The zero-order valence-electron chi connectivity index (χ0n) is 30.4. The molecule has 0 aromatic carbocycles. The molecule has 2 N–H and O–H groups in total. The van der Waals surface area contributed by atoms with Gasteiger partial charge in [-0.05, 0) is 72.6 Å². The molecule has 0 amide bonds. The number of ether oxygens (including phenoxy) is 10. The van der Waals surface area contributed by atoms with Crippen LogP contribution in [0.4, 0.5) is 0 Å². The van der Waals surface area contributed by atoms with Gasteiger partial charge in [-0.2, -0.15) is 0 Å². The van der Waals surface area contributed by atoms with Gasteiger partial charge in [0, 0.05) is 44.3 Å². The Labute approximate surface area is 289 Å². The van der Waals surface area contributed by atoms with Crippen molar-refractivity contribution >= 4 is 6.29 Å². The summed E-state index contributed by atoms with van der Waals surface area (Å²) in [5.41, 5.74) is -3.97. The van der Waals surface area contributed by atoms with Crippen molar-refractivity contribution in [3.63, 3.8) is 0 Å². The smallest absolute Gasteiger partial charge is 0.187 e. The van der Waals surface area contributed by atoms with E-state index in [1.807, 2.05) is 41.5 Å². The van der Waals surface area contributed by atoms with Gasteiger partial charge in [0.05, 0.1) is 47.6 Å². The first-order valence-corrected chi connectivity index (χ1v) is 18.2. The Morgan fingerprint density at radius 3 is 2.31 bits per heavy atom. The van der Waals surface area contributed by atoms with Crippen molar-refractivity contribution in [2.45, 2.75) is 158 Å². The van der Waals surface area contributed by atoms with Gasteiger partial charge in [-0.1, -0.05) is 6.92 Å². The van der Waals surface area contributed by atoms with Crippen LogP contribution in [0.5, 0.6) is 0 Å². The number of aldehydes is 1. The largest absolute Gasteiger partial charge is 0.389 e. The molecule has 7 rings (SSSR count). The van der Waals surface area contributed by atoms with Crippen molar-refractivity contribution in [2.75, 3.05) is 34.4 Å². The third kappa shape index (κ3) is 5.60. The first-order chi connectivity index (χ1) is 23.1. The van der Waals surface area contributed by atoms with E-state index < -0.39 is 76.5 Å². The van der Waals surface area contributed by atoms with E-state index in [2.05, 4.69) is 0 Å². The van der Waals surface area contributed by atoms with E-state index in [-0.39, 0.29) is 44.1 Å². The van der Waals surface area contributed by atoms with Crippen molar-refractivity contribution in [2.24, 2.45) is 28.6 Å². The summed E-state index contributed by atoms with van der Waals surface area (Å²) in [6, 6.07) is 0. The lowest BCUT2D eigenvalue weighted by atomic mass is 9.40. The normalized spacial score (nSPS) is 52.7. The van der Waals surface area contributed by atoms with Crippen LogP contribution in [0.1, 0.15) is 86.5 Å². The van der Waals surface area contributed by atoms with Crippen LogP contribution in [-0.4, -0.2) is 123 Å². The van der Waals surface area contributed by atoms with E-state index in [4.69, 9.17) is 47.4 Å². The van der Waals surface area contributed by atoms with Crippen LogP contribution < -0.4 is 0 Å². The maximum Gasteiger partial charge on any atom is 0.187 e. The fourth-order valence-electron chi connectivity index (χ4n) is 11.5. The van der Waals surface area contributed by atoms with Gasteiger partial charge in [0.2, 0.25) is 0 Å². The van der Waals surface area contributed by atoms with Crippen molar-refractivity contribution in [1.82, 2.24) is 0 Å². The summed E-state index contributed by atoms with van der Waals surface area (Å²) in [6.07, 6.45) is 0.401. The number of aliphatic hydroxyl groups is 2. The fraction of sp³-hybridized carbons (Fsp3) is 0.972. The average Bonchev–Trinajstić information content (AvgIpc) is 3.49. The molecule has 3 heterocycles. The van der Waals surface area contributed by atoms with E-state index in [1.54, 1.807) is 14.2 Å². The molecule has 7 fully saturated rings. The standard InChI is InChI=1S/C36H58O13/c1-20-27(43-19-41-8)28-29(49-32(4,5)48-28)30(45-20)46-22-13-25-35(17-44-31(2,3)47-25)26-23(10-11-34(35,38)14-22)36(39)12-9-21(16-37)33(36,6)15-24(26)42-18-40-7/h16,20-30,38-39H,9-15,17-19H2,1-8H3/t20-,21+,22-,23+,24+,25+,26+,27-,28+,29+,30-,33+,34-,35+,36-/m0/s1. The number of carbonyl (C=O) groups is 1. The Kier molecular flexibility index (Phi) is 9.44. The fourth-order valence-corrected chi connectivity index (χ4v) is 11.5. The van der Waals surface area contributed by atoms with E-state index >= 15 is 0 Å².